The Morgan fingerprint density at radius 2 is 1.77 bits per heavy atom. The summed E-state index contributed by atoms with van der Waals surface area (Å²) in [7, 11) is 0. The number of benzene rings is 2. The van der Waals surface area contributed by atoms with Gasteiger partial charge in [-0.25, -0.2) is 0 Å². The molecule has 1 atom stereocenters. The van der Waals surface area contributed by atoms with E-state index in [4.69, 9.17) is 4.42 Å². The van der Waals surface area contributed by atoms with Gasteiger partial charge in [0.15, 0.2) is 0 Å². The number of fused-ring (bicyclic) bond motifs is 4. The molecule has 0 bridgehead atoms. The first kappa shape index (κ1) is 22.8. The van der Waals surface area contributed by atoms with E-state index in [2.05, 4.69) is 5.16 Å². The van der Waals surface area contributed by atoms with Gasteiger partial charge in [-0.2, -0.15) is 0 Å². The highest BCUT2D eigenvalue weighted by molar-refractivity contribution is 6.21. The Labute approximate surface area is 201 Å². The van der Waals surface area contributed by atoms with E-state index in [9.17, 15) is 24.7 Å². The van der Waals surface area contributed by atoms with Crippen molar-refractivity contribution >= 4 is 34.5 Å². The molecule has 1 aliphatic heterocycles. The lowest BCUT2D eigenvalue weighted by atomic mass is 9.92. The van der Waals surface area contributed by atoms with Gasteiger partial charge in [0.05, 0.1) is 22.8 Å². The third kappa shape index (κ3) is 4.20. The first-order valence-corrected chi connectivity index (χ1v) is 11.9. The first-order chi connectivity index (χ1) is 17.0. The number of carbonyl (C=O) groups is 3. The molecule has 0 unspecified atom stereocenters. The van der Waals surface area contributed by atoms with E-state index in [-0.39, 0.29) is 36.9 Å². The predicted molar refractivity (Wildman–Crippen MR) is 128 cm³/mol. The van der Waals surface area contributed by atoms with Crippen LogP contribution in [0.25, 0.3) is 11.0 Å². The number of rotatable bonds is 8. The van der Waals surface area contributed by atoms with Crippen LogP contribution >= 0.6 is 0 Å². The number of hydrogen-bond donors (Lipinski definition) is 2. The molecule has 8 nitrogen and oxygen atoms in total. The molecule has 1 aromatic heterocycles. The van der Waals surface area contributed by atoms with E-state index in [0.29, 0.717) is 28.7 Å². The van der Waals surface area contributed by atoms with Crippen LogP contribution in [0.3, 0.4) is 0 Å². The number of amides is 2. The minimum Gasteiger partial charge on any atom is -0.481 e. The Bertz CT molecular complexity index is 1320. The standard InChI is InChI=1S/C27H26N2O6/c30-25-20-8-1-2-9-21(20)26(31)29(25)13-5-6-17(27(32)33)14-22(28-34)16-11-12-19-18-7-3-4-10-23(18)35-24(19)15-16/h1-2,8-9,11-12,15,17,34H,3-7,10,13-14H2,(H,32,33)/t17-/m1/s1. The van der Waals surface area contributed by atoms with E-state index in [1.807, 2.05) is 12.1 Å². The lowest BCUT2D eigenvalue weighted by Crippen LogP contribution is -2.31. The highest BCUT2D eigenvalue weighted by Crippen LogP contribution is 2.33. The zero-order chi connectivity index (χ0) is 24.5. The van der Waals surface area contributed by atoms with Crippen LogP contribution in [0, 0.1) is 5.92 Å². The second-order valence-electron chi connectivity index (χ2n) is 9.16. The molecule has 0 spiro atoms. The average Bonchev–Trinajstić information content (AvgIpc) is 3.36. The molecule has 2 aromatic carbocycles. The highest BCUT2D eigenvalue weighted by atomic mass is 16.4. The molecule has 0 saturated heterocycles. The van der Waals surface area contributed by atoms with Crippen LogP contribution in [0.5, 0.6) is 0 Å². The van der Waals surface area contributed by atoms with Gasteiger partial charge in [0, 0.05) is 35.9 Å². The van der Waals surface area contributed by atoms with E-state index < -0.39 is 11.9 Å². The maximum Gasteiger partial charge on any atom is 0.306 e. The maximum absolute atomic E-state index is 12.5. The number of nitrogens with zero attached hydrogens (tertiary/aromatic N) is 2. The summed E-state index contributed by atoms with van der Waals surface area (Å²) >= 11 is 0. The van der Waals surface area contributed by atoms with E-state index in [1.54, 1.807) is 30.3 Å². The largest absolute Gasteiger partial charge is 0.481 e. The van der Waals surface area contributed by atoms with Crippen molar-refractivity contribution in [2.24, 2.45) is 11.1 Å². The molecule has 0 radical (unpaired) electrons. The third-order valence-corrected chi connectivity index (χ3v) is 7.01. The van der Waals surface area contributed by atoms with Gasteiger partial charge in [-0.15, -0.1) is 0 Å². The fourth-order valence-electron chi connectivity index (χ4n) is 5.14. The quantitative estimate of drug-likeness (QED) is 0.212. The highest BCUT2D eigenvalue weighted by Gasteiger charge is 2.35. The molecule has 3 aromatic rings. The van der Waals surface area contributed by atoms with Crippen LogP contribution in [-0.2, 0) is 17.6 Å². The molecule has 1 aliphatic carbocycles. The monoisotopic (exact) mass is 474 g/mol. The van der Waals surface area contributed by atoms with Crippen LogP contribution in [-0.4, -0.2) is 45.3 Å². The van der Waals surface area contributed by atoms with Crippen molar-refractivity contribution in [2.45, 2.75) is 44.9 Å². The summed E-state index contributed by atoms with van der Waals surface area (Å²) in [5.74, 6) is -1.57. The molecule has 2 aliphatic rings. The van der Waals surface area contributed by atoms with Gasteiger partial charge in [0.2, 0.25) is 0 Å². The Hall–Kier alpha value is -3.94. The number of oxime groups is 1. The molecule has 0 saturated carbocycles. The number of aliphatic carboxylic acids is 1. The SMILES string of the molecule is O=C(O)[C@H](CCCN1C(=O)c2ccccc2C1=O)CC(=NO)c1ccc2c3c(oc2c1)CCCC3. The smallest absolute Gasteiger partial charge is 0.306 e. The van der Waals surface area contributed by atoms with E-state index >= 15 is 0 Å². The van der Waals surface area contributed by atoms with E-state index in [0.717, 1.165) is 41.7 Å². The lowest BCUT2D eigenvalue weighted by Gasteiger charge is -2.17. The van der Waals surface area contributed by atoms with Crippen molar-refractivity contribution < 1.29 is 29.1 Å². The van der Waals surface area contributed by atoms with Gasteiger partial charge in [-0.1, -0.05) is 29.4 Å². The van der Waals surface area contributed by atoms with Crippen LogP contribution < -0.4 is 0 Å². The van der Waals surface area contributed by atoms with E-state index in [1.165, 1.54) is 5.56 Å². The van der Waals surface area contributed by atoms with Crippen molar-refractivity contribution in [3.63, 3.8) is 0 Å². The summed E-state index contributed by atoms with van der Waals surface area (Å²) in [4.78, 5) is 38.2. The molecular weight excluding hydrogens is 448 g/mol. The molecule has 5 rings (SSSR count). The Kier molecular flexibility index (Phi) is 6.11. The third-order valence-electron chi connectivity index (χ3n) is 7.01. The second kappa shape index (κ2) is 9.37. The molecule has 2 heterocycles. The minimum absolute atomic E-state index is 0.0138. The van der Waals surface area contributed by atoms with Crippen molar-refractivity contribution in [3.8, 4) is 0 Å². The molecular formula is C27H26N2O6. The number of aryl methyl sites for hydroxylation is 2. The topological polar surface area (TPSA) is 120 Å². The van der Waals surface area contributed by atoms with Gasteiger partial charge in [-0.05, 0) is 50.3 Å². The summed E-state index contributed by atoms with van der Waals surface area (Å²) in [5.41, 5.74) is 3.56. The summed E-state index contributed by atoms with van der Waals surface area (Å²) in [6.07, 6.45) is 4.69. The zero-order valence-corrected chi connectivity index (χ0v) is 19.2. The van der Waals surface area contributed by atoms with Gasteiger partial charge in [-0.3, -0.25) is 19.3 Å². The maximum atomic E-state index is 12.5. The summed E-state index contributed by atoms with van der Waals surface area (Å²) < 4.78 is 6.02. The lowest BCUT2D eigenvalue weighted by molar-refractivity contribution is -0.141. The summed E-state index contributed by atoms with van der Waals surface area (Å²) in [6, 6.07) is 12.2. The second-order valence-corrected chi connectivity index (χ2v) is 9.16. The fraction of sp³-hybridized carbons (Fsp3) is 0.333. The van der Waals surface area contributed by atoms with Crippen molar-refractivity contribution in [3.05, 3.63) is 70.5 Å². The van der Waals surface area contributed by atoms with Crippen LogP contribution in [0.1, 0.15) is 69.7 Å². The summed E-state index contributed by atoms with van der Waals surface area (Å²) in [6.45, 7) is 0.131. The normalized spacial score (nSPS) is 16.5. The number of imide groups is 1. The average molecular weight is 475 g/mol. The van der Waals surface area contributed by atoms with Crippen LogP contribution in [0.4, 0.5) is 0 Å². The van der Waals surface area contributed by atoms with Gasteiger partial charge in [0.1, 0.15) is 11.3 Å². The fourth-order valence-corrected chi connectivity index (χ4v) is 5.14. The number of carbonyl (C=O) groups excluding carboxylic acids is 2. The van der Waals surface area contributed by atoms with Gasteiger partial charge < -0.3 is 14.7 Å². The Morgan fingerprint density at radius 3 is 2.46 bits per heavy atom. The number of carboxylic acids is 1. The van der Waals surface area contributed by atoms with Gasteiger partial charge >= 0.3 is 5.97 Å². The number of hydrogen-bond acceptors (Lipinski definition) is 6. The van der Waals surface area contributed by atoms with Crippen LogP contribution in [0.15, 0.2) is 52.0 Å². The van der Waals surface area contributed by atoms with Crippen molar-refractivity contribution in [2.75, 3.05) is 6.54 Å². The molecule has 180 valence electrons. The van der Waals surface area contributed by atoms with Crippen LogP contribution in [0.2, 0.25) is 0 Å². The molecule has 0 fully saturated rings. The Balaban J connectivity index is 1.26. The molecule has 2 amide bonds. The van der Waals surface area contributed by atoms with Gasteiger partial charge in [0.25, 0.3) is 11.8 Å². The zero-order valence-electron chi connectivity index (χ0n) is 19.2. The predicted octanol–water partition coefficient (Wildman–Crippen LogP) is 4.66. The number of furan rings is 1. The molecule has 2 N–H and O–H groups in total. The molecule has 35 heavy (non-hydrogen) atoms. The molecule has 8 heteroatoms. The number of carboxylic acid groups (broad SMARTS) is 1. The van der Waals surface area contributed by atoms with Crippen molar-refractivity contribution in [1.29, 1.82) is 0 Å². The minimum atomic E-state index is -1.02. The summed E-state index contributed by atoms with van der Waals surface area (Å²) in [5, 5.41) is 23.9. The Morgan fingerprint density at radius 1 is 1.06 bits per heavy atom. The van der Waals surface area contributed by atoms with Crippen molar-refractivity contribution in [1.82, 2.24) is 4.90 Å². The first-order valence-electron chi connectivity index (χ1n) is 11.9.